The Morgan fingerprint density at radius 3 is 3.17 bits per heavy atom. The van der Waals surface area contributed by atoms with Crippen molar-refractivity contribution in [2.75, 3.05) is 13.1 Å². The Morgan fingerprint density at radius 1 is 1.44 bits per heavy atom. The molecule has 0 aliphatic carbocycles. The van der Waals surface area contributed by atoms with Gasteiger partial charge in [-0.2, -0.15) is 0 Å². The van der Waals surface area contributed by atoms with E-state index < -0.39 is 0 Å². The van der Waals surface area contributed by atoms with Crippen LogP contribution in [0.3, 0.4) is 0 Å². The highest BCUT2D eigenvalue weighted by molar-refractivity contribution is 7.99. The Balaban J connectivity index is 1.93. The number of fused-ring (bicyclic) bond motifs is 1. The van der Waals surface area contributed by atoms with Gasteiger partial charge >= 0.3 is 0 Å². The summed E-state index contributed by atoms with van der Waals surface area (Å²) in [5.41, 5.74) is 0. The van der Waals surface area contributed by atoms with Crippen LogP contribution in [0.1, 0.15) is 32.0 Å². The Kier molecular flexibility index (Phi) is 5.09. The van der Waals surface area contributed by atoms with E-state index in [0.717, 1.165) is 30.5 Å². The number of aryl methyl sites for hydroxylation is 1. The lowest BCUT2D eigenvalue weighted by Gasteiger charge is -2.12. The van der Waals surface area contributed by atoms with E-state index in [1.165, 1.54) is 19.3 Å². The predicted molar refractivity (Wildman–Crippen MR) is 74.6 cm³/mol. The summed E-state index contributed by atoms with van der Waals surface area (Å²) in [5, 5.41) is 13.4. The van der Waals surface area contributed by atoms with Gasteiger partial charge in [-0.15, -0.1) is 16.6 Å². The molecule has 1 aliphatic rings. The minimum atomic E-state index is 0.454. The number of terminal acetylenes is 1. The number of thioether (sulfide) groups is 1. The van der Waals surface area contributed by atoms with Crippen molar-refractivity contribution < 1.29 is 0 Å². The van der Waals surface area contributed by atoms with Crippen LogP contribution < -0.4 is 5.32 Å². The average molecular weight is 264 g/mol. The van der Waals surface area contributed by atoms with Crippen LogP contribution in [0, 0.1) is 12.3 Å². The maximum atomic E-state index is 5.21. The van der Waals surface area contributed by atoms with E-state index in [-0.39, 0.29) is 0 Å². The molecule has 2 heterocycles. The van der Waals surface area contributed by atoms with Crippen LogP contribution in [-0.2, 0) is 13.0 Å². The van der Waals surface area contributed by atoms with E-state index in [1.807, 2.05) is 0 Å². The molecule has 0 spiro atoms. The summed E-state index contributed by atoms with van der Waals surface area (Å²) in [6.45, 7) is 4.78. The van der Waals surface area contributed by atoms with Gasteiger partial charge in [-0.25, -0.2) is 0 Å². The molecule has 0 amide bonds. The molecule has 0 saturated heterocycles. The topological polar surface area (TPSA) is 42.7 Å². The molecule has 1 aliphatic heterocycles. The molecular weight excluding hydrogens is 244 g/mol. The highest BCUT2D eigenvalue weighted by atomic mass is 32.2. The molecule has 4 nitrogen and oxygen atoms in total. The minimum absolute atomic E-state index is 0.454. The molecule has 98 valence electrons. The lowest BCUT2D eigenvalue weighted by molar-refractivity contribution is 0.589. The van der Waals surface area contributed by atoms with Gasteiger partial charge in [0.1, 0.15) is 5.82 Å². The molecule has 1 unspecified atom stereocenters. The van der Waals surface area contributed by atoms with Crippen LogP contribution in [0.4, 0.5) is 0 Å². The van der Waals surface area contributed by atoms with Crippen molar-refractivity contribution in [3.63, 3.8) is 0 Å². The van der Waals surface area contributed by atoms with Crippen molar-refractivity contribution in [2.24, 2.45) is 0 Å². The molecule has 0 radical (unpaired) electrons. The molecule has 0 saturated carbocycles. The van der Waals surface area contributed by atoms with Crippen LogP contribution in [0.5, 0.6) is 0 Å². The van der Waals surface area contributed by atoms with E-state index in [0.29, 0.717) is 11.8 Å². The second-order valence-electron chi connectivity index (χ2n) is 4.62. The van der Waals surface area contributed by atoms with Gasteiger partial charge in [0.2, 0.25) is 0 Å². The molecule has 1 atom stereocenters. The first-order valence-corrected chi connectivity index (χ1v) is 7.42. The second-order valence-corrected chi connectivity index (χ2v) is 6.03. The Morgan fingerprint density at radius 2 is 2.33 bits per heavy atom. The van der Waals surface area contributed by atoms with Gasteiger partial charge in [-0.1, -0.05) is 31.0 Å². The zero-order valence-corrected chi connectivity index (χ0v) is 11.7. The zero-order chi connectivity index (χ0) is 12.8. The lowest BCUT2D eigenvalue weighted by Crippen LogP contribution is -2.23. The predicted octanol–water partition coefficient (Wildman–Crippen LogP) is 1.71. The largest absolute Gasteiger partial charge is 0.306 e. The highest BCUT2D eigenvalue weighted by Crippen LogP contribution is 2.24. The van der Waals surface area contributed by atoms with Crippen molar-refractivity contribution >= 4 is 11.8 Å². The molecule has 0 aromatic carbocycles. The number of nitrogens with zero attached hydrogens (tertiary/aromatic N) is 3. The van der Waals surface area contributed by atoms with Crippen LogP contribution in [0.2, 0.25) is 0 Å². The minimum Gasteiger partial charge on any atom is -0.306 e. The van der Waals surface area contributed by atoms with Crippen molar-refractivity contribution in [2.45, 2.75) is 49.6 Å². The number of hydrogen-bond donors (Lipinski definition) is 1. The van der Waals surface area contributed by atoms with Gasteiger partial charge < -0.3 is 9.88 Å². The first-order valence-electron chi connectivity index (χ1n) is 6.54. The van der Waals surface area contributed by atoms with E-state index >= 15 is 0 Å². The molecule has 0 fully saturated rings. The van der Waals surface area contributed by atoms with Crippen LogP contribution >= 0.6 is 11.8 Å². The van der Waals surface area contributed by atoms with E-state index in [2.05, 4.69) is 32.9 Å². The van der Waals surface area contributed by atoms with Gasteiger partial charge in [0, 0.05) is 24.8 Å². The Hall–Kier alpha value is -0.990. The molecule has 2 rings (SSSR count). The van der Waals surface area contributed by atoms with Gasteiger partial charge in [0.05, 0.1) is 6.54 Å². The third-order valence-corrected chi connectivity index (χ3v) is 4.12. The number of nitrogens with one attached hydrogen (secondary N) is 1. The van der Waals surface area contributed by atoms with Crippen molar-refractivity contribution in [1.29, 1.82) is 0 Å². The summed E-state index contributed by atoms with van der Waals surface area (Å²) >= 11 is 1.78. The molecule has 1 aromatic rings. The van der Waals surface area contributed by atoms with E-state index in [4.69, 9.17) is 6.42 Å². The molecule has 5 heteroatoms. The zero-order valence-electron chi connectivity index (χ0n) is 10.9. The summed E-state index contributed by atoms with van der Waals surface area (Å²) in [6.07, 6.45) is 10.1. The molecule has 0 bridgehead atoms. The lowest BCUT2D eigenvalue weighted by atomic mass is 10.2. The normalized spacial score (nSPS) is 16.7. The molecule has 1 aromatic heterocycles. The third-order valence-electron chi connectivity index (χ3n) is 3.04. The second kappa shape index (κ2) is 6.81. The Labute approximate surface area is 113 Å². The van der Waals surface area contributed by atoms with Crippen molar-refractivity contribution in [1.82, 2.24) is 20.1 Å². The SMILES string of the molecule is C#CCNCC(C)Sc1nnc2n1CCCCC2. The van der Waals surface area contributed by atoms with Gasteiger partial charge in [0.25, 0.3) is 0 Å². The summed E-state index contributed by atoms with van der Waals surface area (Å²) in [7, 11) is 0. The van der Waals surface area contributed by atoms with E-state index in [9.17, 15) is 0 Å². The van der Waals surface area contributed by atoms with Gasteiger partial charge in [0.15, 0.2) is 5.16 Å². The Bertz CT molecular complexity index is 421. The summed E-state index contributed by atoms with van der Waals surface area (Å²) in [6, 6.07) is 0. The smallest absolute Gasteiger partial charge is 0.191 e. The molecule has 1 N–H and O–H groups in total. The number of hydrogen-bond acceptors (Lipinski definition) is 4. The molecule has 18 heavy (non-hydrogen) atoms. The summed E-state index contributed by atoms with van der Waals surface area (Å²) in [4.78, 5) is 0. The van der Waals surface area contributed by atoms with Crippen molar-refractivity contribution in [3.05, 3.63) is 5.82 Å². The van der Waals surface area contributed by atoms with Crippen LogP contribution in [0.25, 0.3) is 0 Å². The average Bonchev–Trinajstić information content (AvgIpc) is 2.60. The number of aromatic nitrogens is 3. The maximum Gasteiger partial charge on any atom is 0.191 e. The quantitative estimate of drug-likeness (QED) is 0.499. The molecular formula is C13H20N4S. The fraction of sp³-hybridized carbons (Fsp3) is 0.692. The van der Waals surface area contributed by atoms with E-state index in [1.54, 1.807) is 11.8 Å². The highest BCUT2D eigenvalue weighted by Gasteiger charge is 2.16. The third kappa shape index (κ3) is 3.50. The fourth-order valence-corrected chi connectivity index (χ4v) is 3.09. The van der Waals surface area contributed by atoms with Gasteiger partial charge in [-0.05, 0) is 12.8 Å². The van der Waals surface area contributed by atoms with Crippen molar-refractivity contribution in [3.8, 4) is 12.3 Å². The fourth-order valence-electron chi connectivity index (χ4n) is 2.11. The van der Waals surface area contributed by atoms with Crippen LogP contribution in [0.15, 0.2) is 5.16 Å². The number of rotatable bonds is 5. The summed E-state index contributed by atoms with van der Waals surface area (Å²) in [5.74, 6) is 3.74. The standard InChI is InChI=1S/C13H20N4S/c1-3-8-14-10-11(2)18-13-16-15-12-7-5-4-6-9-17(12)13/h1,11,14H,4-10H2,2H3. The first kappa shape index (κ1) is 13.4. The monoisotopic (exact) mass is 264 g/mol. The maximum absolute atomic E-state index is 5.21. The van der Waals surface area contributed by atoms with Gasteiger partial charge in [-0.3, -0.25) is 0 Å². The first-order chi connectivity index (χ1) is 8.81. The van der Waals surface area contributed by atoms with Crippen LogP contribution in [-0.4, -0.2) is 33.1 Å². The summed E-state index contributed by atoms with van der Waals surface area (Å²) < 4.78 is 2.29.